The number of ether oxygens (including phenoxy) is 2. The molecule has 1 N–H and O–H groups in total. The van der Waals surface area contributed by atoms with Crippen LogP contribution in [0.3, 0.4) is 0 Å². The Morgan fingerprint density at radius 1 is 1.38 bits per heavy atom. The maximum absolute atomic E-state index is 11.4. The van der Waals surface area contributed by atoms with Crippen molar-refractivity contribution in [3.8, 4) is 5.75 Å². The molecule has 0 fully saturated rings. The number of nitro benzene ring substituents is 1. The van der Waals surface area contributed by atoms with E-state index in [1.165, 1.54) is 12.1 Å². The molecule has 1 amide bonds. The number of carbonyl (C=O) groups excluding carboxylic acids is 1. The lowest BCUT2D eigenvalue weighted by molar-refractivity contribution is -0.384. The van der Waals surface area contributed by atoms with Gasteiger partial charge in [-0.1, -0.05) is 0 Å². The average Bonchev–Trinajstić information content (AvgIpc) is 2.34. The Bertz CT molecular complexity index is 523. The first-order valence-corrected chi connectivity index (χ1v) is 6.54. The van der Waals surface area contributed by atoms with E-state index in [4.69, 9.17) is 9.47 Å². The Kier molecular flexibility index (Phi) is 5.52. The molecule has 0 aliphatic rings. The van der Waals surface area contributed by atoms with Gasteiger partial charge in [0, 0.05) is 6.07 Å². The number of nitrogens with one attached hydrogen (secondary N) is 1. The molecule has 1 aromatic rings. The fourth-order valence-electron chi connectivity index (χ4n) is 1.49. The van der Waals surface area contributed by atoms with Gasteiger partial charge in [0.15, 0.2) is 0 Å². The second-order valence-electron chi connectivity index (χ2n) is 5.48. The van der Waals surface area contributed by atoms with Crippen molar-refractivity contribution in [2.75, 3.05) is 13.2 Å². The van der Waals surface area contributed by atoms with Gasteiger partial charge in [0.1, 0.15) is 18.0 Å². The van der Waals surface area contributed by atoms with E-state index in [0.29, 0.717) is 5.75 Å². The van der Waals surface area contributed by atoms with Crippen LogP contribution in [0.15, 0.2) is 18.2 Å². The van der Waals surface area contributed by atoms with Gasteiger partial charge in [-0.15, -0.1) is 0 Å². The van der Waals surface area contributed by atoms with E-state index in [-0.39, 0.29) is 18.8 Å². The van der Waals surface area contributed by atoms with Gasteiger partial charge in [-0.05, 0) is 39.3 Å². The number of aryl methyl sites for hydroxylation is 1. The smallest absolute Gasteiger partial charge is 0.407 e. The summed E-state index contributed by atoms with van der Waals surface area (Å²) in [6.45, 7) is 7.55. The third-order valence-corrected chi connectivity index (χ3v) is 2.41. The van der Waals surface area contributed by atoms with Crippen LogP contribution >= 0.6 is 0 Å². The Balaban J connectivity index is 2.44. The second kappa shape index (κ2) is 6.92. The Labute approximate surface area is 123 Å². The van der Waals surface area contributed by atoms with E-state index in [2.05, 4.69) is 5.32 Å². The van der Waals surface area contributed by atoms with Crippen molar-refractivity contribution in [2.24, 2.45) is 0 Å². The van der Waals surface area contributed by atoms with E-state index in [9.17, 15) is 14.9 Å². The molecule has 0 aliphatic heterocycles. The Hall–Kier alpha value is -2.31. The molecule has 0 heterocycles. The minimum atomic E-state index is -0.554. The highest BCUT2D eigenvalue weighted by Crippen LogP contribution is 2.23. The summed E-state index contributed by atoms with van der Waals surface area (Å²) in [5, 5.41) is 13.2. The van der Waals surface area contributed by atoms with Crippen molar-refractivity contribution in [1.82, 2.24) is 5.32 Å². The van der Waals surface area contributed by atoms with E-state index >= 15 is 0 Å². The highest BCUT2D eigenvalue weighted by Gasteiger charge is 2.15. The predicted molar refractivity (Wildman–Crippen MR) is 77.6 cm³/mol. The number of carbonyl (C=O) groups is 1. The third-order valence-electron chi connectivity index (χ3n) is 2.41. The van der Waals surface area contributed by atoms with Gasteiger partial charge in [0.05, 0.1) is 17.5 Å². The summed E-state index contributed by atoms with van der Waals surface area (Å²) < 4.78 is 10.5. The number of alkyl carbamates (subject to hydrolysis) is 1. The minimum absolute atomic E-state index is 0.0318. The topological polar surface area (TPSA) is 90.7 Å². The quantitative estimate of drug-likeness (QED) is 0.512. The molecule has 0 saturated heterocycles. The zero-order valence-corrected chi connectivity index (χ0v) is 12.6. The van der Waals surface area contributed by atoms with Crippen LogP contribution in [-0.2, 0) is 4.74 Å². The summed E-state index contributed by atoms with van der Waals surface area (Å²) in [5.41, 5.74) is 0.204. The molecule has 0 aromatic heterocycles. The highest BCUT2D eigenvalue weighted by molar-refractivity contribution is 5.67. The highest BCUT2D eigenvalue weighted by atomic mass is 16.6. The van der Waals surface area contributed by atoms with Crippen molar-refractivity contribution in [3.63, 3.8) is 0 Å². The van der Waals surface area contributed by atoms with Gasteiger partial charge in [-0.3, -0.25) is 10.1 Å². The molecular weight excluding hydrogens is 276 g/mol. The molecule has 0 spiro atoms. The second-order valence-corrected chi connectivity index (χ2v) is 5.48. The van der Waals surface area contributed by atoms with Gasteiger partial charge < -0.3 is 14.8 Å². The molecule has 0 saturated carbocycles. The molecule has 21 heavy (non-hydrogen) atoms. The standard InChI is InChI=1S/C14H20N2O5/c1-10-5-6-11(16(18)19)9-12(10)20-8-7-15-13(17)21-14(2,3)4/h5-6,9H,7-8H2,1-4H3,(H,15,17). The largest absolute Gasteiger partial charge is 0.491 e. The molecule has 1 aromatic carbocycles. The molecular formula is C14H20N2O5. The van der Waals surface area contributed by atoms with E-state index in [0.717, 1.165) is 5.56 Å². The molecule has 0 bridgehead atoms. The monoisotopic (exact) mass is 296 g/mol. The Morgan fingerprint density at radius 2 is 2.05 bits per heavy atom. The van der Waals surface area contributed by atoms with Crippen LogP contribution in [-0.4, -0.2) is 29.8 Å². The van der Waals surface area contributed by atoms with Crippen LogP contribution in [0.2, 0.25) is 0 Å². The molecule has 1 rings (SSSR count). The first kappa shape index (κ1) is 16.7. The predicted octanol–water partition coefficient (Wildman–Crippen LogP) is 2.81. The molecule has 7 heteroatoms. The van der Waals surface area contributed by atoms with Gasteiger partial charge in [-0.2, -0.15) is 0 Å². The van der Waals surface area contributed by atoms with Gasteiger partial charge in [0.25, 0.3) is 5.69 Å². The van der Waals surface area contributed by atoms with Gasteiger partial charge in [0.2, 0.25) is 0 Å². The summed E-state index contributed by atoms with van der Waals surface area (Å²) in [7, 11) is 0. The van der Waals surface area contributed by atoms with Crippen LogP contribution in [0.25, 0.3) is 0 Å². The van der Waals surface area contributed by atoms with Crippen LogP contribution in [0.1, 0.15) is 26.3 Å². The van der Waals surface area contributed by atoms with Crippen LogP contribution < -0.4 is 10.1 Å². The Morgan fingerprint density at radius 3 is 2.62 bits per heavy atom. The van der Waals surface area contributed by atoms with Crippen LogP contribution in [0.4, 0.5) is 10.5 Å². The lowest BCUT2D eigenvalue weighted by Gasteiger charge is -2.19. The molecule has 116 valence electrons. The lowest BCUT2D eigenvalue weighted by Crippen LogP contribution is -2.34. The number of non-ortho nitro benzene ring substituents is 1. The summed E-state index contributed by atoms with van der Waals surface area (Å²) >= 11 is 0. The average molecular weight is 296 g/mol. The number of hydrogen-bond donors (Lipinski definition) is 1. The molecule has 0 radical (unpaired) electrons. The fraction of sp³-hybridized carbons (Fsp3) is 0.500. The molecule has 7 nitrogen and oxygen atoms in total. The maximum atomic E-state index is 11.4. The number of rotatable bonds is 5. The lowest BCUT2D eigenvalue weighted by atomic mass is 10.2. The number of benzene rings is 1. The van der Waals surface area contributed by atoms with Gasteiger partial charge >= 0.3 is 6.09 Å². The van der Waals surface area contributed by atoms with E-state index in [1.807, 2.05) is 0 Å². The fourth-order valence-corrected chi connectivity index (χ4v) is 1.49. The number of nitro groups is 1. The van der Waals surface area contributed by atoms with Crippen molar-refractivity contribution in [1.29, 1.82) is 0 Å². The van der Waals surface area contributed by atoms with Crippen molar-refractivity contribution in [3.05, 3.63) is 33.9 Å². The summed E-state index contributed by atoms with van der Waals surface area (Å²) in [4.78, 5) is 21.6. The first-order chi connectivity index (χ1) is 9.69. The van der Waals surface area contributed by atoms with Crippen LogP contribution in [0, 0.1) is 17.0 Å². The first-order valence-electron chi connectivity index (χ1n) is 6.54. The SMILES string of the molecule is Cc1ccc([N+](=O)[O-])cc1OCCNC(=O)OC(C)(C)C. The van der Waals surface area contributed by atoms with Crippen molar-refractivity contribution in [2.45, 2.75) is 33.3 Å². The zero-order valence-electron chi connectivity index (χ0n) is 12.6. The van der Waals surface area contributed by atoms with E-state index < -0.39 is 16.6 Å². The number of amides is 1. The minimum Gasteiger partial charge on any atom is -0.491 e. The summed E-state index contributed by atoms with van der Waals surface area (Å²) in [6.07, 6.45) is -0.526. The molecule has 0 unspecified atom stereocenters. The maximum Gasteiger partial charge on any atom is 0.407 e. The number of nitrogens with zero attached hydrogens (tertiary/aromatic N) is 1. The molecule has 0 atom stereocenters. The van der Waals surface area contributed by atoms with Crippen molar-refractivity contribution < 1.29 is 19.2 Å². The summed E-state index contributed by atoms with van der Waals surface area (Å²) in [5.74, 6) is 0.426. The van der Waals surface area contributed by atoms with Crippen LogP contribution in [0.5, 0.6) is 5.75 Å². The van der Waals surface area contributed by atoms with Gasteiger partial charge in [-0.25, -0.2) is 4.79 Å². The third kappa shape index (κ3) is 6.11. The molecule has 0 aliphatic carbocycles. The van der Waals surface area contributed by atoms with Crippen molar-refractivity contribution >= 4 is 11.8 Å². The summed E-state index contributed by atoms with van der Waals surface area (Å²) in [6, 6.07) is 4.40. The normalized spacial score (nSPS) is 10.9. The zero-order chi connectivity index (χ0) is 16.0. The van der Waals surface area contributed by atoms with E-state index in [1.54, 1.807) is 33.8 Å². The number of hydrogen-bond acceptors (Lipinski definition) is 5.